The zero-order chi connectivity index (χ0) is 28.0. The van der Waals surface area contributed by atoms with Crippen LogP contribution in [0.5, 0.6) is 0 Å². The molecule has 0 radical (unpaired) electrons. The van der Waals surface area contributed by atoms with Crippen LogP contribution in [0, 0.1) is 12.8 Å². The van der Waals surface area contributed by atoms with Crippen molar-refractivity contribution in [3.63, 3.8) is 0 Å². The predicted molar refractivity (Wildman–Crippen MR) is 158 cm³/mol. The number of pyridine rings is 1. The second kappa shape index (κ2) is 12.4. The number of hydrogen-bond donors (Lipinski definition) is 4. The first kappa shape index (κ1) is 26.7. The average molecular weight is 551 g/mol. The van der Waals surface area contributed by atoms with E-state index in [-0.39, 0.29) is 11.8 Å². The van der Waals surface area contributed by atoms with Crippen molar-refractivity contribution >= 4 is 29.2 Å². The molecule has 11 heteroatoms. The van der Waals surface area contributed by atoms with Crippen molar-refractivity contribution in [1.82, 2.24) is 40.5 Å². The van der Waals surface area contributed by atoms with Crippen LogP contribution in [-0.4, -0.2) is 67.9 Å². The standard InChI is InChI=1S/C30H34N10O/c1-20-4-2-6-25(34-20)28-32-13-11-26(38-28)37-27-12-14-33-30(39-27)36-23-9-7-21(8-10-23)18-40-15-3-5-22(19-40)29(41)35-24-16-31-17-24/h2,4,6-14,22,24,31H,3,5,15-19H2,1H3,(H,35,41)(H2,32,33,36,37,38,39). The van der Waals surface area contributed by atoms with Crippen molar-refractivity contribution in [1.29, 1.82) is 0 Å². The summed E-state index contributed by atoms with van der Waals surface area (Å²) in [6, 6.07) is 17.9. The highest BCUT2D eigenvalue weighted by molar-refractivity contribution is 5.79. The van der Waals surface area contributed by atoms with Gasteiger partial charge in [-0.1, -0.05) is 18.2 Å². The van der Waals surface area contributed by atoms with E-state index in [1.807, 2.05) is 37.3 Å². The Labute approximate surface area is 239 Å². The van der Waals surface area contributed by atoms with Crippen LogP contribution in [0.3, 0.4) is 0 Å². The normalized spacial score (nSPS) is 17.4. The maximum absolute atomic E-state index is 12.6. The van der Waals surface area contributed by atoms with Gasteiger partial charge in [0, 0.05) is 50.0 Å². The molecule has 6 rings (SSSR count). The maximum atomic E-state index is 12.6. The minimum Gasteiger partial charge on any atom is -0.351 e. The number of nitrogens with one attached hydrogen (secondary N) is 4. The second-order valence-electron chi connectivity index (χ2n) is 10.6. The smallest absolute Gasteiger partial charge is 0.229 e. The number of hydrogen-bond acceptors (Lipinski definition) is 10. The summed E-state index contributed by atoms with van der Waals surface area (Å²) in [5.74, 6) is 2.50. The first-order valence-electron chi connectivity index (χ1n) is 14.0. The third-order valence-electron chi connectivity index (χ3n) is 7.31. The largest absolute Gasteiger partial charge is 0.351 e. The molecule has 2 aliphatic rings. The fraction of sp³-hybridized carbons (Fsp3) is 0.333. The zero-order valence-electron chi connectivity index (χ0n) is 23.0. The van der Waals surface area contributed by atoms with Crippen molar-refractivity contribution in [3.05, 3.63) is 78.2 Å². The van der Waals surface area contributed by atoms with Gasteiger partial charge in [-0.3, -0.25) is 9.69 Å². The molecule has 41 heavy (non-hydrogen) atoms. The molecule has 3 aromatic heterocycles. The van der Waals surface area contributed by atoms with E-state index in [2.05, 4.69) is 63.2 Å². The van der Waals surface area contributed by atoms with Gasteiger partial charge < -0.3 is 21.3 Å². The number of rotatable bonds is 9. The Balaban J connectivity index is 1.04. The lowest BCUT2D eigenvalue weighted by atomic mass is 9.96. The number of carbonyl (C=O) groups is 1. The molecule has 1 amide bonds. The van der Waals surface area contributed by atoms with E-state index in [0.717, 1.165) is 62.6 Å². The molecule has 1 atom stereocenters. The van der Waals surface area contributed by atoms with Gasteiger partial charge in [0.15, 0.2) is 5.82 Å². The van der Waals surface area contributed by atoms with E-state index in [0.29, 0.717) is 29.5 Å². The van der Waals surface area contributed by atoms with Crippen LogP contribution >= 0.6 is 0 Å². The molecule has 0 spiro atoms. The lowest BCUT2D eigenvalue weighted by molar-refractivity contribution is -0.127. The SMILES string of the molecule is Cc1cccc(-c2nccc(Nc3ccnc(Nc4ccc(CN5CCCC(C(=O)NC6CNC6)C5)cc4)n3)n2)n1. The molecule has 0 bridgehead atoms. The van der Waals surface area contributed by atoms with Gasteiger partial charge in [-0.05, 0) is 68.3 Å². The molecular formula is C30H34N10O. The Hall–Kier alpha value is -4.48. The van der Waals surface area contributed by atoms with E-state index < -0.39 is 0 Å². The number of benzene rings is 1. The third-order valence-corrected chi connectivity index (χ3v) is 7.31. The molecule has 2 saturated heterocycles. The number of aromatic nitrogens is 5. The van der Waals surface area contributed by atoms with Gasteiger partial charge >= 0.3 is 0 Å². The summed E-state index contributed by atoms with van der Waals surface area (Å²) < 4.78 is 0. The Morgan fingerprint density at radius 1 is 0.951 bits per heavy atom. The molecule has 2 aliphatic heterocycles. The van der Waals surface area contributed by atoms with E-state index in [4.69, 9.17) is 0 Å². The highest BCUT2D eigenvalue weighted by Gasteiger charge is 2.28. The van der Waals surface area contributed by atoms with Crippen LogP contribution in [0.1, 0.15) is 24.1 Å². The summed E-state index contributed by atoms with van der Waals surface area (Å²) in [5.41, 5.74) is 3.73. The number of carbonyl (C=O) groups excluding carboxylic acids is 1. The quantitative estimate of drug-likeness (QED) is 0.246. The van der Waals surface area contributed by atoms with Crippen LogP contribution in [0.25, 0.3) is 11.5 Å². The number of amides is 1. The number of nitrogens with zero attached hydrogens (tertiary/aromatic N) is 6. The molecular weight excluding hydrogens is 516 g/mol. The molecule has 0 saturated carbocycles. The van der Waals surface area contributed by atoms with Crippen molar-refractivity contribution < 1.29 is 4.79 Å². The van der Waals surface area contributed by atoms with Crippen LogP contribution in [-0.2, 0) is 11.3 Å². The van der Waals surface area contributed by atoms with E-state index in [9.17, 15) is 4.79 Å². The third kappa shape index (κ3) is 7.00. The van der Waals surface area contributed by atoms with Crippen molar-refractivity contribution in [3.8, 4) is 11.5 Å². The number of likely N-dealkylation sites (tertiary alicyclic amines) is 1. The molecule has 11 nitrogen and oxygen atoms in total. The van der Waals surface area contributed by atoms with Crippen molar-refractivity contribution in [2.45, 2.75) is 32.4 Å². The van der Waals surface area contributed by atoms with E-state index in [1.54, 1.807) is 24.5 Å². The minimum atomic E-state index is 0.0662. The van der Waals surface area contributed by atoms with Gasteiger partial charge in [-0.25, -0.2) is 19.9 Å². The van der Waals surface area contributed by atoms with Gasteiger partial charge in [0.2, 0.25) is 11.9 Å². The molecule has 0 aliphatic carbocycles. The van der Waals surface area contributed by atoms with E-state index in [1.165, 1.54) is 5.56 Å². The Kier molecular flexibility index (Phi) is 8.06. The summed E-state index contributed by atoms with van der Waals surface area (Å²) in [4.78, 5) is 37.4. The highest BCUT2D eigenvalue weighted by atomic mass is 16.2. The molecule has 4 N–H and O–H groups in total. The summed E-state index contributed by atoms with van der Waals surface area (Å²) in [5, 5.41) is 12.9. The van der Waals surface area contributed by atoms with Crippen LogP contribution < -0.4 is 21.3 Å². The minimum absolute atomic E-state index is 0.0662. The summed E-state index contributed by atoms with van der Waals surface area (Å²) in [7, 11) is 0. The first-order chi connectivity index (χ1) is 20.1. The van der Waals surface area contributed by atoms with Crippen LogP contribution in [0.4, 0.5) is 23.3 Å². The molecule has 1 aromatic carbocycles. The topological polar surface area (TPSA) is 133 Å². The Morgan fingerprint density at radius 3 is 2.54 bits per heavy atom. The lowest BCUT2D eigenvalue weighted by Crippen LogP contribution is -2.58. The predicted octanol–water partition coefficient (Wildman–Crippen LogP) is 3.42. The summed E-state index contributed by atoms with van der Waals surface area (Å²) in [6.07, 6.45) is 5.39. The van der Waals surface area contributed by atoms with Crippen LogP contribution in [0.15, 0.2) is 67.0 Å². The molecule has 2 fully saturated rings. The average Bonchev–Trinajstić information content (AvgIpc) is 2.96. The summed E-state index contributed by atoms with van der Waals surface area (Å²) in [6.45, 7) is 6.33. The van der Waals surface area contributed by atoms with Gasteiger partial charge in [0.05, 0.1) is 12.0 Å². The number of aryl methyl sites for hydroxylation is 1. The van der Waals surface area contributed by atoms with E-state index >= 15 is 0 Å². The lowest BCUT2D eigenvalue weighted by Gasteiger charge is -2.34. The Morgan fingerprint density at radius 2 is 1.76 bits per heavy atom. The first-order valence-corrected chi connectivity index (χ1v) is 14.0. The molecule has 4 aromatic rings. The van der Waals surface area contributed by atoms with Gasteiger partial charge in [-0.2, -0.15) is 4.98 Å². The van der Waals surface area contributed by atoms with Gasteiger partial charge in [-0.15, -0.1) is 0 Å². The van der Waals surface area contributed by atoms with Crippen LogP contribution in [0.2, 0.25) is 0 Å². The van der Waals surface area contributed by atoms with Crippen molar-refractivity contribution in [2.24, 2.45) is 5.92 Å². The molecule has 1 unspecified atom stereocenters. The monoisotopic (exact) mass is 550 g/mol. The fourth-order valence-corrected chi connectivity index (χ4v) is 5.04. The molecule has 210 valence electrons. The zero-order valence-corrected chi connectivity index (χ0v) is 23.0. The van der Waals surface area contributed by atoms with Gasteiger partial charge in [0.25, 0.3) is 0 Å². The van der Waals surface area contributed by atoms with Crippen molar-refractivity contribution in [2.75, 3.05) is 36.8 Å². The number of piperidine rings is 1. The maximum Gasteiger partial charge on any atom is 0.229 e. The highest BCUT2D eigenvalue weighted by Crippen LogP contribution is 2.22. The number of anilines is 4. The fourth-order valence-electron chi connectivity index (χ4n) is 5.04. The second-order valence-corrected chi connectivity index (χ2v) is 10.6. The van der Waals surface area contributed by atoms with Gasteiger partial charge in [0.1, 0.15) is 17.3 Å². The molecule has 5 heterocycles. The summed E-state index contributed by atoms with van der Waals surface area (Å²) >= 11 is 0. The Bertz CT molecular complexity index is 1490.